The minimum atomic E-state index is -0.811. The molecule has 2 aromatic carbocycles. The van der Waals surface area contributed by atoms with Crippen LogP contribution in [0.15, 0.2) is 54.6 Å². The van der Waals surface area contributed by atoms with Crippen molar-refractivity contribution >= 4 is 29.2 Å². The predicted molar refractivity (Wildman–Crippen MR) is 95.5 cm³/mol. The summed E-state index contributed by atoms with van der Waals surface area (Å²) in [6.45, 7) is -0.319. The van der Waals surface area contributed by atoms with Gasteiger partial charge in [0.1, 0.15) is 5.75 Å². The number of anilines is 1. The zero-order chi connectivity index (χ0) is 18.5. The lowest BCUT2D eigenvalue weighted by molar-refractivity contribution is -0.118. The normalized spacial score (nSPS) is 10.3. The van der Waals surface area contributed by atoms with Crippen LogP contribution >= 0.6 is 11.6 Å². The molecule has 0 bridgehead atoms. The monoisotopic (exact) mass is 371 g/mol. The van der Waals surface area contributed by atoms with E-state index in [1.54, 1.807) is 48.5 Å². The summed E-state index contributed by atoms with van der Waals surface area (Å²) < 4.78 is 5.35. The van der Waals surface area contributed by atoms with Crippen molar-refractivity contribution < 1.29 is 14.3 Å². The van der Waals surface area contributed by atoms with Gasteiger partial charge in [0.15, 0.2) is 18.1 Å². The van der Waals surface area contributed by atoms with Gasteiger partial charge in [-0.15, -0.1) is 15.0 Å². The number of carbonyl (C=O) groups excluding carboxylic acids is 2. The number of hydrogen-bond acceptors (Lipinski definition) is 5. The maximum atomic E-state index is 12.1. The number of carbonyl (C=O) groups is 2. The summed E-state index contributed by atoms with van der Waals surface area (Å²) in [6, 6.07) is 15.7. The van der Waals surface area contributed by atoms with E-state index in [0.717, 1.165) is 0 Å². The molecule has 0 aliphatic rings. The second-order valence-corrected chi connectivity index (χ2v) is 5.56. The van der Waals surface area contributed by atoms with Crippen molar-refractivity contribution in [2.45, 2.75) is 0 Å². The molecule has 0 spiro atoms. The zero-order valence-corrected chi connectivity index (χ0v) is 14.2. The molecule has 1 heterocycles. The molecule has 0 aliphatic carbocycles. The highest BCUT2D eigenvalue weighted by Crippen LogP contribution is 2.23. The van der Waals surface area contributed by atoms with Gasteiger partial charge in [0.2, 0.25) is 0 Å². The number of nitrogens with one attached hydrogen (secondary N) is 1. The molecule has 3 N–H and O–H groups in total. The third kappa shape index (κ3) is 3.98. The van der Waals surface area contributed by atoms with Crippen molar-refractivity contribution in [1.29, 1.82) is 0 Å². The summed E-state index contributed by atoms with van der Waals surface area (Å²) in [4.78, 5) is 24.9. The maximum Gasteiger partial charge on any atom is 0.273 e. The summed E-state index contributed by atoms with van der Waals surface area (Å²) in [5, 5.41) is 11.0. The molecule has 0 aliphatic heterocycles. The predicted octanol–water partition coefficient (Wildman–Crippen LogP) is 2.04. The first-order valence-corrected chi connectivity index (χ1v) is 7.92. The van der Waals surface area contributed by atoms with E-state index < -0.39 is 11.8 Å². The number of rotatable bonds is 6. The molecule has 8 nitrogen and oxygen atoms in total. The Morgan fingerprint density at radius 3 is 2.46 bits per heavy atom. The Morgan fingerprint density at radius 1 is 1.08 bits per heavy atom. The van der Waals surface area contributed by atoms with Crippen LogP contribution in [0.2, 0.25) is 5.02 Å². The Morgan fingerprint density at radius 2 is 1.77 bits per heavy atom. The summed E-state index contributed by atoms with van der Waals surface area (Å²) >= 11 is 5.96. The number of aromatic nitrogens is 3. The molecule has 0 saturated heterocycles. The second kappa shape index (κ2) is 7.66. The fourth-order valence-corrected chi connectivity index (χ4v) is 2.30. The minimum absolute atomic E-state index is 0.0471. The molecule has 0 fully saturated rings. The van der Waals surface area contributed by atoms with E-state index >= 15 is 0 Å². The number of para-hydroxylation sites is 2. The van der Waals surface area contributed by atoms with Gasteiger partial charge in [-0.25, -0.2) is 0 Å². The topological polar surface area (TPSA) is 112 Å². The lowest BCUT2D eigenvalue weighted by Crippen LogP contribution is -2.23. The Kier molecular flexibility index (Phi) is 5.14. The molecule has 1 aromatic heterocycles. The van der Waals surface area contributed by atoms with Crippen LogP contribution in [0.3, 0.4) is 0 Å². The standard InChI is InChI=1S/C17H14ClN5O3/c18-12-8-4-5-9-13(12)26-10-14(24)20-17-15(16(19)25)21-23(22-17)11-6-2-1-3-7-11/h1-9H,10H2,(H2,19,25)(H,20,22,24). The van der Waals surface area contributed by atoms with Gasteiger partial charge in [-0.05, 0) is 24.3 Å². The Hall–Kier alpha value is -3.39. The number of amides is 2. The summed E-state index contributed by atoms with van der Waals surface area (Å²) in [5.41, 5.74) is 5.77. The van der Waals surface area contributed by atoms with E-state index in [0.29, 0.717) is 16.5 Å². The number of ether oxygens (including phenoxy) is 1. The highest BCUT2D eigenvalue weighted by molar-refractivity contribution is 6.32. The molecule has 0 unspecified atom stereocenters. The van der Waals surface area contributed by atoms with E-state index in [-0.39, 0.29) is 18.1 Å². The molecular formula is C17H14ClN5O3. The highest BCUT2D eigenvalue weighted by atomic mass is 35.5. The molecule has 3 aromatic rings. The van der Waals surface area contributed by atoms with Crippen molar-refractivity contribution in [3.8, 4) is 11.4 Å². The maximum absolute atomic E-state index is 12.1. The molecule has 26 heavy (non-hydrogen) atoms. The van der Waals surface area contributed by atoms with Crippen LogP contribution in [0, 0.1) is 0 Å². The van der Waals surface area contributed by atoms with Crippen molar-refractivity contribution in [1.82, 2.24) is 15.0 Å². The van der Waals surface area contributed by atoms with Gasteiger partial charge in [-0.2, -0.15) is 0 Å². The van der Waals surface area contributed by atoms with Gasteiger partial charge in [-0.1, -0.05) is 41.9 Å². The first kappa shape index (κ1) is 17.4. The molecule has 9 heteroatoms. The average Bonchev–Trinajstić information content (AvgIpc) is 3.06. The van der Waals surface area contributed by atoms with Crippen LogP contribution in [-0.2, 0) is 4.79 Å². The first-order valence-electron chi connectivity index (χ1n) is 7.54. The SMILES string of the molecule is NC(=O)c1nn(-c2ccccc2)nc1NC(=O)COc1ccccc1Cl. The zero-order valence-electron chi connectivity index (χ0n) is 13.4. The van der Waals surface area contributed by atoms with E-state index in [1.807, 2.05) is 6.07 Å². The smallest absolute Gasteiger partial charge is 0.273 e. The summed E-state index contributed by atoms with van der Waals surface area (Å²) in [7, 11) is 0. The molecule has 0 saturated carbocycles. The number of hydrogen-bond donors (Lipinski definition) is 2. The van der Waals surface area contributed by atoms with Gasteiger partial charge in [0, 0.05) is 0 Å². The van der Waals surface area contributed by atoms with E-state index in [1.165, 1.54) is 4.80 Å². The van der Waals surface area contributed by atoms with Crippen LogP contribution in [0.4, 0.5) is 5.82 Å². The third-order valence-corrected chi connectivity index (χ3v) is 3.60. The third-order valence-electron chi connectivity index (χ3n) is 3.29. The van der Waals surface area contributed by atoms with Crippen LogP contribution in [0.5, 0.6) is 5.75 Å². The first-order chi connectivity index (χ1) is 12.5. The van der Waals surface area contributed by atoms with Crippen molar-refractivity contribution in [2.75, 3.05) is 11.9 Å². The number of benzene rings is 2. The molecule has 3 rings (SSSR count). The quantitative estimate of drug-likeness (QED) is 0.688. The minimum Gasteiger partial charge on any atom is -0.482 e. The number of nitrogens with two attached hydrogens (primary N) is 1. The van der Waals surface area contributed by atoms with Crippen LogP contribution in [-0.4, -0.2) is 33.4 Å². The van der Waals surface area contributed by atoms with Crippen molar-refractivity contribution in [3.63, 3.8) is 0 Å². The van der Waals surface area contributed by atoms with Crippen LogP contribution < -0.4 is 15.8 Å². The second-order valence-electron chi connectivity index (χ2n) is 5.15. The summed E-state index contributed by atoms with van der Waals surface area (Å²) in [5.74, 6) is -1.02. The van der Waals surface area contributed by atoms with Crippen molar-refractivity contribution in [3.05, 3.63) is 65.3 Å². The van der Waals surface area contributed by atoms with Gasteiger partial charge in [0.25, 0.3) is 11.8 Å². The van der Waals surface area contributed by atoms with Gasteiger partial charge in [-0.3, -0.25) is 9.59 Å². The number of halogens is 1. The molecule has 132 valence electrons. The molecule has 2 amide bonds. The Bertz CT molecular complexity index is 943. The van der Waals surface area contributed by atoms with Crippen LogP contribution in [0.1, 0.15) is 10.5 Å². The Balaban J connectivity index is 1.74. The molecule has 0 atom stereocenters. The number of nitrogens with zero attached hydrogens (tertiary/aromatic N) is 3. The largest absolute Gasteiger partial charge is 0.482 e. The number of primary amides is 1. The van der Waals surface area contributed by atoms with Gasteiger partial charge < -0.3 is 15.8 Å². The van der Waals surface area contributed by atoms with Gasteiger partial charge >= 0.3 is 0 Å². The van der Waals surface area contributed by atoms with Crippen LogP contribution in [0.25, 0.3) is 5.69 Å². The lowest BCUT2D eigenvalue weighted by Gasteiger charge is -2.07. The highest BCUT2D eigenvalue weighted by Gasteiger charge is 2.19. The summed E-state index contributed by atoms with van der Waals surface area (Å²) in [6.07, 6.45) is 0. The van der Waals surface area contributed by atoms with Crippen molar-refractivity contribution in [2.24, 2.45) is 5.73 Å². The van der Waals surface area contributed by atoms with E-state index in [9.17, 15) is 9.59 Å². The van der Waals surface area contributed by atoms with Gasteiger partial charge in [0.05, 0.1) is 10.7 Å². The fraction of sp³-hybridized carbons (Fsp3) is 0.0588. The van der Waals surface area contributed by atoms with E-state index in [2.05, 4.69) is 15.5 Å². The fourth-order valence-electron chi connectivity index (χ4n) is 2.11. The van der Waals surface area contributed by atoms with E-state index in [4.69, 9.17) is 22.1 Å². The molecular weight excluding hydrogens is 358 g/mol. The average molecular weight is 372 g/mol. The lowest BCUT2D eigenvalue weighted by atomic mass is 10.3. The Labute approximate surface area is 153 Å². The molecule has 0 radical (unpaired) electrons.